The molecule has 21 heavy (non-hydrogen) atoms. The number of amides is 1. The van der Waals surface area contributed by atoms with Gasteiger partial charge in [-0.3, -0.25) is 9.69 Å². The van der Waals surface area contributed by atoms with Crippen LogP contribution in [0.2, 0.25) is 0 Å². The average Bonchev–Trinajstić information content (AvgIpc) is 2.95. The maximum atomic E-state index is 12.2. The minimum Gasteiger partial charge on any atom is -0.324 e. The molecule has 1 amide bonds. The Morgan fingerprint density at radius 3 is 2.86 bits per heavy atom. The number of carbonyl (C=O) groups excluding carboxylic acids is 1. The summed E-state index contributed by atoms with van der Waals surface area (Å²) in [5.74, 6) is 0.0530. The molecule has 4 nitrogen and oxygen atoms in total. The first-order chi connectivity index (χ1) is 9.70. The highest BCUT2D eigenvalue weighted by molar-refractivity contribution is 9.10. The Hall–Kier alpha value is -0.620. The van der Waals surface area contributed by atoms with Gasteiger partial charge >= 0.3 is 0 Å². The molecule has 1 unspecified atom stereocenters. The quantitative estimate of drug-likeness (QED) is 0.802. The lowest BCUT2D eigenvalue weighted by molar-refractivity contribution is -0.117. The van der Waals surface area contributed by atoms with Gasteiger partial charge in [-0.25, -0.2) is 0 Å². The number of rotatable bonds is 6. The summed E-state index contributed by atoms with van der Waals surface area (Å²) in [7, 11) is 0. The molecule has 2 N–H and O–H groups in total. The van der Waals surface area contributed by atoms with Crippen molar-refractivity contribution in [3.63, 3.8) is 0 Å². The summed E-state index contributed by atoms with van der Waals surface area (Å²) < 4.78 is 0.915. The van der Waals surface area contributed by atoms with Crippen molar-refractivity contribution in [1.82, 2.24) is 10.2 Å². The zero-order valence-electron chi connectivity index (χ0n) is 12.3. The van der Waals surface area contributed by atoms with Crippen molar-refractivity contribution in [2.45, 2.75) is 25.8 Å². The molecule has 118 valence electrons. The van der Waals surface area contributed by atoms with Crippen LogP contribution in [0.3, 0.4) is 0 Å². The van der Waals surface area contributed by atoms with Gasteiger partial charge in [-0.2, -0.15) is 0 Å². The lowest BCUT2D eigenvalue weighted by Gasteiger charge is -2.27. The van der Waals surface area contributed by atoms with E-state index in [0.29, 0.717) is 12.6 Å². The number of benzene rings is 1. The summed E-state index contributed by atoms with van der Waals surface area (Å²) >= 11 is 3.45. The maximum absolute atomic E-state index is 12.2. The van der Waals surface area contributed by atoms with E-state index in [-0.39, 0.29) is 18.3 Å². The number of nitrogens with one attached hydrogen (secondary N) is 2. The minimum absolute atomic E-state index is 0. The van der Waals surface area contributed by atoms with Gasteiger partial charge in [0.25, 0.3) is 0 Å². The van der Waals surface area contributed by atoms with Crippen LogP contribution in [0.25, 0.3) is 0 Å². The summed E-state index contributed by atoms with van der Waals surface area (Å²) in [6.07, 6.45) is 2.20. The molecule has 1 aromatic carbocycles. The van der Waals surface area contributed by atoms with Crippen LogP contribution in [0.5, 0.6) is 0 Å². The highest BCUT2D eigenvalue weighted by atomic mass is 79.9. The fraction of sp³-hybridized carbons (Fsp3) is 0.533. The second-order valence-corrected chi connectivity index (χ2v) is 6.00. The Kier molecular flexibility index (Phi) is 8.26. The van der Waals surface area contributed by atoms with Crippen molar-refractivity contribution < 1.29 is 4.79 Å². The Labute approximate surface area is 141 Å². The van der Waals surface area contributed by atoms with Crippen molar-refractivity contribution in [2.24, 2.45) is 0 Å². The molecule has 0 saturated carbocycles. The predicted octanol–water partition coefficient (Wildman–Crippen LogP) is 2.88. The fourth-order valence-electron chi connectivity index (χ4n) is 2.57. The number of carbonyl (C=O) groups is 1. The van der Waals surface area contributed by atoms with Crippen LogP contribution in [-0.4, -0.2) is 43.0 Å². The highest BCUT2D eigenvalue weighted by Crippen LogP contribution is 2.21. The van der Waals surface area contributed by atoms with Gasteiger partial charge in [0.05, 0.1) is 12.2 Å². The molecule has 1 heterocycles. The molecule has 2 rings (SSSR count). The summed E-state index contributed by atoms with van der Waals surface area (Å²) in [5.41, 5.74) is 0.832. The largest absolute Gasteiger partial charge is 0.324 e. The number of hydrogen-bond donors (Lipinski definition) is 2. The highest BCUT2D eigenvalue weighted by Gasteiger charge is 2.23. The Morgan fingerprint density at radius 1 is 1.48 bits per heavy atom. The van der Waals surface area contributed by atoms with Crippen molar-refractivity contribution in [1.29, 1.82) is 0 Å². The van der Waals surface area contributed by atoms with Crippen LogP contribution < -0.4 is 10.6 Å². The normalized spacial score (nSPS) is 17.6. The average molecular weight is 377 g/mol. The van der Waals surface area contributed by atoms with E-state index in [1.807, 2.05) is 24.3 Å². The Balaban J connectivity index is 0.00000220. The fourth-order valence-corrected chi connectivity index (χ4v) is 2.95. The lowest BCUT2D eigenvalue weighted by atomic mass is 10.2. The Morgan fingerprint density at radius 2 is 2.24 bits per heavy atom. The third-order valence-electron chi connectivity index (χ3n) is 3.56. The van der Waals surface area contributed by atoms with Gasteiger partial charge in [0.15, 0.2) is 0 Å². The van der Waals surface area contributed by atoms with E-state index in [1.165, 1.54) is 0 Å². The van der Waals surface area contributed by atoms with Crippen molar-refractivity contribution in [3.8, 4) is 0 Å². The second-order valence-electron chi connectivity index (χ2n) is 5.15. The number of nitrogens with zero attached hydrogens (tertiary/aromatic N) is 1. The van der Waals surface area contributed by atoms with Gasteiger partial charge in [0.2, 0.25) is 5.91 Å². The molecular formula is C15H23BrClN3O. The SMILES string of the molecule is CCCN(CC(=O)Nc1ccccc1Br)C1CCNC1.Cl. The predicted molar refractivity (Wildman–Crippen MR) is 93.2 cm³/mol. The molecule has 1 atom stereocenters. The van der Waals surface area contributed by atoms with Crippen molar-refractivity contribution in [3.05, 3.63) is 28.7 Å². The van der Waals surface area contributed by atoms with Crippen molar-refractivity contribution in [2.75, 3.05) is 31.5 Å². The summed E-state index contributed by atoms with van der Waals surface area (Å²) in [6.45, 7) is 5.62. The van der Waals surface area contributed by atoms with Crippen LogP contribution in [0, 0.1) is 0 Å². The van der Waals surface area contributed by atoms with Crippen molar-refractivity contribution >= 4 is 39.9 Å². The first kappa shape index (κ1) is 18.4. The molecule has 0 radical (unpaired) electrons. The molecule has 1 fully saturated rings. The second kappa shape index (κ2) is 9.41. The standard InChI is InChI=1S/C15H22BrN3O.ClH/c1-2-9-19(12-7-8-17-10-12)11-15(20)18-14-6-4-3-5-13(14)16;/h3-6,12,17H,2,7-11H2,1H3,(H,18,20);1H. The molecule has 0 bridgehead atoms. The van der Waals surface area contributed by atoms with E-state index in [4.69, 9.17) is 0 Å². The van der Waals surface area contributed by atoms with E-state index >= 15 is 0 Å². The van der Waals surface area contributed by atoms with E-state index in [9.17, 15) is 4.79 Å². The number of para-hydroxylation sites is 1. The molecule has 1 saturated heterocycles. The molecular weight excluding hydrogens is 354 g/mol. The molecule has 0 aromatic heterocycles. The minimum atomic E-state index is 0. The zero-order valence-corrected chi connectivity index (χ0v) is 14.7. The number of halogens is 2. The van der Waals surface area contributed by atoms with Crippen LogP contribution >= 0.6 is 28.3 Å². The van der Waals surface area contributed by atoms with Crippen LogP contribution in [-0.2, 0) is 4.79 Å². The smallest absolute Gasteiger partial charge is 0.238 e. The van der Waals surface area contributed by atoms with Gasteiger partial charge in [-0.05, 0) is 54.0 Å². The third kappa shape index (κ3) is 5.58. The van der Waals surface area contributed by atoms with Crippen LogP contribution in [0.1, 0.15) is 19.8 Å². The first-order valence-corrected chi connectivity index (χ1v) is 7.99. The molecule has 1 aliphatic rings. The zero-order chi connectivity index (χ0) is 14.4. The number of hydrogen-bond acceptors (Lipinski definition) is 3. The summed E-state index contributed by atoms with van der Waals surface area (Å²) in [4.78, 5) is 14.5. The maximum Gasteiger partial charge on any atom is 0.238 e. The summed E-state index contributed by atoms with van der Waals surface area (Å²) in [6, 6.07) is 8.18. The van der Waals surface area contributed by atoms with Gasteiger partial charge in [0.1, 0.15) is 0 Å². The molecule has 1 aromatic rings. The van der Waals surface area contributed by atoms with Crippen LogP contribution in [0.15, 0.2) is 28.7 Å². The van der Waals surface area contributed by atoms with Gasteiger partial charge in [-0.1, -0.05) is 19.1 Å². The molecule has 1 aliphatic heterocycles. The van der Waals surface area contributed by atoms with Gasteiger partial charge in [-0.15, -0.1) is 12.4 Å². The molecule has 0 aliphatic carbocycles. The lowest BCUT2D eigenvalue weighted by Crippen LogP contribution is -2.42. The molecule has 6 heteroatoms. The van der Waals surface area contributed by atoms with Gasteiger partial charge in [0, 0.05) is 17.1 Å². The van der Waals surface area contributed by atoms with Crippen LogP contribution in [0.4, 0.5) is 5.69 Å². The Bertz CT molecular complexity index is 452. The number of anilines is 1. The van der Waals surface area contributed by atoms with E-state index < -0.39 is 0 Å². The van der Waals surface area contributed by atoms with E-state index in [0.717, 1.165) is 42.6 Å². The monoisotopic (exact) mass is 375 g/mol. The topological polar surface area (TPSA) is 44.4 Å². The first-order valence-electron chi connectivity index (χ1n) is 7.20. The van der Waals surface area contributed by atoms with Gasteiger partial charge < -0.3 is 10.6 Å². The van der Waals surface area contributed by atoms with E-state index in [1.54, 1.807) is 0 Å². The third-order valence-corrected chi connectivity index (χ3v) is 4.25. The molecule has 0 spiro atoms. The van der Waals surface area contributed by atoms with E-state index in [2.05, 4.69) is 38.4 Å². The summed E-state index contributed by atoms with van der Waals surface area (Å²) in [5, 5.41) is 6.34.